The van der Waals surface area contributed by atoms with E-state index < -0.39 is 12.5 Å². The number of likely N-dealkylation sites (N-methyl/N-ethyl adjacent to an activating group) is 1. The highest BCUT2D eigenvalue weighted by Crippen LogP contribution is 2.23. The topological polar surface area (TPSA) is 24.8 Å². The maximum absolute atomic E-state index is 12.0. The summed E-state index contributed by atoms with van der Waals surface area (Å²) in [5, 5.41) is 0. The average molecular weight is 274 g/mol. The van der Waals surface area contributed by atoms with Gasteiger partial charge in [-0.15, -0.1) is 19.8 Å². The summed E-state index contributed by atoms with van der Waals surface area (Å²) in [4.78, 5) is 5.93. The van der Waals surface area contributed by atoms with Crippen molar-refractivity contribution in [3.05, 3.63) is 36.5 Å². The molecule has 0 fully saturated rings. The van der Waals surface area contributed by atoms with Gasteiger partial charge in [0.05, 0.1) is 19.0 Å². The summed E-state index contributed by atoms with van der Waals surface area (Å²) >= 11 is 0. The minimum absolute atomic E-state index is 0.225. The van der Waals surface area contributed by atoms with E-state index in [9.17, 15) is 13.2 Å². The first-order chi connectivity index (χ1) is 8.90. The van der Waals surface area contributed by atoms with Gasteiger partial charge in [-0.2, -0.15) is 0 Å². The summed E-state index contributed by atoms with van der Waals surface area (Å²) in [5.41, 5.74) is 0.939. The zero-order valence-corrected chi connectivity index (χ0v) is 10.7. The van der Waals surface area contributed by atoms with Crippen molar-refractivity contribution >= 4 is 6.34 Å². The highest BCUT2D eigenvalue weighted by Gasteiger charge is 2.32. The molecule has 1 atom stereocenters. The summed E-state index contributed by atoms with van der Waals surface area (Å²) in [6.07, 6.45) is 2.89. The van der Waals surface area contributed by atoms with Gasteiger partial charge in [-0.3, -0.25) is 9.73 Å². The molecule has 0 heterocycles. The SMILES string of the molecule is C=CC/N=C\N(C)CC1=CCC(OC(F)(F)F)C=C1. The molecule has 0 bridgehead atoms. The van der Waals surface area contributed by atoms with E-state index in [0.717, 1.165) is 5.57 Å². The summed E-state index contributed by atoms with van der Waals surface area (Å²) in [5.74, 6) is 0. The molecule has 6 heteroatoms. The standard InChI is InChI=1S/C13H17F3N2O/c1-3-8-17-10-18(2)9-11-4-6-12(7-5-11)19-13(14,15)16/h3-6,10,12H,1,7-9H2,2H3/b17-10-. The first-order valence-electron chi connectivity index (χ1n) is 5.83. The van der Waals surface area contributed by atoms with Gasteiger partial charge < -0.3 is 4.90 Å². The third-order valence-electron chi connectivity index (χ3n) is 2.37. The number of rotatable bonds is 6. The molecule has 0 amide bonds. The molecule has 0 aromatic heterocycles. The van der Waals surface area contributed by atoms with Crippen molar-refractivity contribution in [1.29, 1.82) is 0 Å². The Labute approximate surface area is 110 Å². The van der Waals surface area contributed by atoms with Crippen molar-refractivity contribution in [3.8, 4) is 0 Å². The van der Waals surface area contributed by atoms with E-state index in [4.69, 9.17) is 0 Å². The van der Waals surface area contributed by atoms with Gasteiger partial charge in [0.25, 0.3) is 0 Å². The van der Waals surface area contributed by atoms with Gasteiger partial charge >= 0.3 is 6.36 Å². The van der Waals surface area contributed by atoms with Crippen molar-refractivity contribution in [3.63, 3.8) is 0 Å². The van der Waals surface area contributed by atoms with E-state index in [2.05, 4.69) is 16.3 Å². The highest BCUT2D eigenvalue weighted by atomic mass is 19.4. The van der Waals surface area contributed by atoms with E-state index in [0.29, 0.717) is 13.1 Å². The minimum Gasteiger partial charge on any atom is -0.362 e. The molecule has 1 unspecified atom stereocenters. The van der Waals surface area contributed by atoms with Crippen molar-refractivity contribution in [2.45, 2.75) is 18.9 Å². The van der Waals surface area contributed by atoms with E-state index in [-0.39, 0.29) is 6.42 Å². The van der Waals surface area contributed by atoms with Crippen molar-refractivity contribution in [1.82, 2.24) is 4.90 Å². The summed E-state index contributed by atoms with van der Waals surface area (Å²) < 4.78 is 40.0. The first kappa shape index (κ1) is 15.5. The molecule has 0 aromatic carbocycles. The Balaban J connectivity index is 2.39. The Morgan fingerprint density at radius 3 is 2.84 bits per heavy atom. The number of hydrogen-bond donors (Lipinski definition) is 0. The minimum atomic E-state index is -4.59. The molecule has 106 valence electrons. The average Bonchev–Trinajstić information content (AvgIpc) is 2.30. The molecule has 0 saturated heterocycles. The van der Waals surface area contributed by atoms with Crippen LogP contribution < -0.4 is 0 Å². The normalized spacial score (nSPS) is 19.6. The molecule has 0 spiro atoms. The fourth-order valence-electron chi connectivity index (χ4n) is 1.61. The lowest BCUT2D eigenvalue weighted by molar-refractivity contribution is -0.336. The van der Waals surface area contributed by atoms with Crippen LogP contribution in [0.1, 0.15) is 6.42 Å². The molecular formula is C13H17F3N2O. The summed E-state index contributed by atoms with van der Waals surface area (Å²) in [6, 6.07) is 0. The summed E-state index contributed by atoms with van der Waals surface area (Å²) in [6.45, 7) is 4.69. The van der Waals surface area contributed by atoms with Crippen LogP contribution in [0, 0.1) is 0 Å². The number of alkyl halides is 3. The van der Waals surface area contributed by atoms with E-state index in [1.807, 2.05) is 11.9 Å². The van der Waals surface area contributed by atoms with Crippen LogP contribution in [0.5, 0.6) is 0 Å². The van der Waals surface area contributed by atoms with Crippen LogP contribution >= 0.6 is 0 Å². The monoisotopic (exact) mass is 274 g/mol. The van der Waals surface area contributed by atoms with Crippen LogP contribution in [0.3, 0.4) is 0 Å². The highest BCUT2D eigenvalue weighted by molar-refractivity contribution is 5.55. The second kappa shape index (κ2) is 7.13. The Hall–Kier alpha value is -1.56. The molecule has 0 saturated carbocycles. The zero-order valence-electron chi connectivity index (χ0n) is 10.7. The molecule has 0 N–H and O–H groups in total. The predicted octanol–water partition coefficient (Wildman–Crippen LogP) is 2.92. The lowest BCUT2D eigenvalue weighted by Crippen LogP contribution is -2.24. The van der Waals surface area contributed by atoms with Crippen LogP contribution in [-0.4, -0.2) is 43.8 Å². The van der Waals surface area contributed by atoms with Crippen LogP contribution in [0.2, 0.25) is 0 Å². The molecule has 0 aromatic rings. The lowest BCUT2D eigenvalue weighted by Gasteiger charge is -2.20. The maximum atomic E-state index is 12.0. The molecule has 3 nitrogen and oxygen atoms in total. The van der Waals surface area contributed by atoms with Gasteiger partial charge in [0.1, 0.15) is 0 Å². The molecular weight excluding hydrogens is 257 g/mol. The second-order valence-corrected chi connectivity index (χ2v) is 4.16. The van der Waals surface area contributed by atoms with Gasteiger partial charge in [0, 0.05) is 13.6 Å². The maximum Gasteiger partial charge on any atom is 0.523 e. The quantitative estimate of drug-likeness (QED) is 0.422. The number of hydrogen-bond acceptors (Lipinski definition) is 2. The van der Waals surface area contributed by atoms with Crippen molar-refractivity contribution in [2.75, 3.05) is 20.1 Å². The Morgan fingerprint density at radius 2 is 2.32 bits per heavy atom. The van der Waals surface area contributed by atoms with E-state index in [1.54, 1.807) is 24.6 Å². The van der Waals surface area contributed by atoms with Gasteiger partial charge in [-0.05, 0) is 12.0 Å². The molecule has 0 radical (unpaired) electrons. The smallest absolute Gasteiger partial charge is 0.362 e. The van der Waals surface area contributed by atoms with Crippen molar-refractivity contribution in [2.24, 2.45) is 4.99 Å². The van der Waals surface area contributed by atoms with Crippen LogP contribution in [0.25, 0.3) is 0 Å². The third kappa shape index (κ3) is 6.81. The van der Waals surface area contributed by atoms with Crippen LogP contribution in [0.4, 0.5) is 13.2 Å². The molecule has 0 aliphatic heterocycles. The van der Waals surface area contributed by atoms with E-state index in [1.165, 1.54) is 6.08 Å². The Bertz CT molecular complexity index is 386. The fraction of sp³-hybridized carbons (Fsp3) is 0.462. The number of nitrogens with zero attached hydrogens (tertiary/aromatic N) is 2. The Kier molecular flexibility index (Phi) is 5.82. The van der Waals surface area contributed by atoms with Gasteiger partial charge in [0.15, 0.2) is 0 Å². The first-order valence-corrected chi connectivity index (χ1v) is 5.83. The Morgan fingerprint density at radius 1 is 1.58 bits per heavy atom. The third-order valence-corrected chi connectivity index (χ3v) is 2.37. The zero-order chi connectivity index (χ0) is 14.3. The molecule has 1 aliphatic rings. The van der Waals surface area contributed by atoms with Gasteiger partial charge in [0.2, 0.25) is 0 Å². The fourth-order valence-corrected chi connectivity index (χ4v) is 1.61. The van der Waals surface area contributed by atoms with Crippen LogP contribution in [0.15, 0.2) is 41.4 Å². The largest absolute Gasteiger partial charge is 0.523 e. The van der Waals surface area contributed by atoms with Crippen molar-refractivity contribution < 1.29 is 17.9 Å². The number of aliphatic imine (C=N–C) groups is 1. The lowest BCUT2D eigenvalue weighted by atomic mass is 10.0. The van der Waals surface area contributed by atoms with Crippen LogP contribution in [-0.2, 0) is 4.74 Å². The molecule has 19 heavy (non-hydrogen) atoms. The van der Waals surface area contributed by atoms with Gasteiger partial charge in [-0.1, -0.05) is 24.3 Å². The van der Waals surface area contributed by atoms with Gasteiger partial charge in [-0.25, -0.2) is 0 Å². The predicted molar refractivity (Wildman–Crippen MR) is 69.0 cm³/mol. The molecule has 1 rings (SSSR count). The number of ether oxygens (including phenoxy) is 1. The second-order valence-electron chi connectivity index (χ2n) is 4.16. The number of halogens is 3. The molecule has 1 aliphatic carbocycles. The summed E-state index contributed by atoms with van der Waals surface area (Å²) in [7, 11) is 1.85. The van der Waals surface area contributed by atoms with E-state index >= 15 is 0 Å².